The Kier molecular flexibility index (Phi) is 4.55. The molecule has 0 aliphatic heterocycles. The number of rotatable bonds is 3. The molecular formula is C21H15ClOS2. The molecule has 4 aromatic rings. The zero-order valence-corrected chi connectivity index (χ0v) is 16.0. The molecule has 1 heterocycles. The molecule has 0 saturated heterocycles. The minimum atomic E-state index is 0.0526. The van der Waals surface area contributed by atoms with E-state index in [9.17, 15) is 4.79 Å². The molecule has 0 unspecified atom stereocenters. The first-order chi connectivity index (χ1) is 12.2. The van der Waals surface area contributed by atoms with Crippen molar-refractivity contribution in [3.63, 3.8) is 0 Å². The Morgan fingerprint density at radius 1 is 0.920 bits per heavy atom. The normalized spacial score (nSPS) is 11.3. The fourth-order valence-corrected chi connectivity index (χ4v) is 5.53. The van der Waals surface area contributed by atoms with Crippen LogP contribution in [0.25, 0.3) is 20.2 Å². The third kappa shape index (κ3) is 2.97. The highest BCUT2D eigenvalue weighted by Crippen LogP contribution is 2.40. The van der Waals surface area contributed by atoms with Gasteiger partial charge >= 0.3 is 0 Å². The maximum atomic E-state index is 12.8. The predicted octanol–water partition coefficient (Wildman–Crippen LogP) is 6.78. The van der Waals surface area contributed by atoms with Gasteiger partial charge in [0.05, 0.1) is 9.72 Å². The maximum Gasteiger partial charge on any atom is 0.195 e. The molecule has 4 rings (SSSR count). The maximum absolute atomic E-state index is 12.8. The molecular weight excluding hydrogens is 368 g/mol. The lowest BCUT2D eigenvalue weighted by Crippen LogP contribution is -2.01. The summed E-state index contributed by atoms with van der Waals surface area (Å²) in [6, 6.07) is 19.9. The Morgan fingerprint density at radius 3 is 2.52 bits per heavy atom. The van der Waals surface area contributed by atoms with Gasteiger partial charge in [-0.15, -0.1) is 11.3 Å². The van der Waals surface area contributed by atoms with Gasteiger partial charge in [0.15, 0.2) is 5.43 Å². The van der Waals surface area contributed by atoms with E-state index in [0.717, 1.165) is 26.1 Å². The van der Waals surface area contributed by atoms with Gasteiger partial charge in [0.1, 0.15) is 0 Å². The summed E-state index contributed by atoms with van der Waals surface area (Å²) in [6.07, 6.45) is 0.979. The fourth-order valence-electron chi connectivity index (χ4n) is 2.91. The highest BCUT2D eigenvalue weighted by atomic mass is 35.5. The van der Waals surface area contributed by atoms with Crippen molar-refractivity contribution in [1.82, 2.24) is 0 Å². The minimum absolute atomic E-state index is 0.0526. The van der Waals surface area contributed by atoms with Gasteiger partial charge in [-0.3, -0.25) is 4.79 Å². The van der Waals surface area contributed by atoms with Crippen molar-refractivity contribution in [2.75, 3.05) is 0 Å². The van der Waals surface area contributed by atoms with Gasteiger partial charge in [0.2, 0.25) is 0 Å². The second kappa shape index (κ2) is 6.83. The van der Waals surface area contributed by atoms with Crippen molar-refractivity contribution < 1.29 is 0 Å². The number of aryl methyl sites for hydroxylation is 1. The van der Waals surface area contributed by atoms with E-state index < -0.39 is 0 Å². The van der Waals surface area contributed by atoms with Gasteiger partial charge in [-0.1, -0.05) is 60.6 Å². The number of halogens is 1. The van der Waals surface area contributed by atoms with Crippen LogP contribution < -0.4 is 5.43 Å². The fraction of sp³-hybridized carbons (Fsp3) is 0.0952. The average Bonchev–Trinajstić information content (AvgIpc) is 2.65. The van der Waals surface area contributed by atoms with Crippen LogP contribution >= 0.6 is 34.7 Å². The van der Waals surface area contributed by atoms with Crippen molar-refractivity contribution in [3.05, 3.63) is 81.5 Å². The largest absolute Gasteiger partial charge is 0.289 e. The van der Waals surface area contributed by atoms with Crippen LogP contribution in [-0.4, -0.2) is 0 Å². The van der Waals surface area contributed by atoms with Crippen molar-refractivity contribution in [3.8, 4) is 0 Å². The minimum Gasteiger partial charge on any atom is -0.289 e. The predicted molar refractivity (Wildman–Crippen MR) is 111 cm³/mol. The number of hydrogen-bond donors (Lipinski definition) is 0. The SMILES string of the molecule is CCc1ccccc1Sc1ccc2c(=O)c3ccccc3sc2c1Cl. The Hall–Kier alpha value is -1.81. The Bertz CT molecular complexity index is 1150. The molecule has 0 bridgehead atoms. The third-order valence-electron chi connectivity index (χ3n) is 4.22. The van der Waals surface area contributed by atoms with E-state index >= 15 is 0 Å². The van der Waals surface area contributed by atoms with Crippen LogP contribution in [0.5, 0.6) is 0 Å². The molecule has 0 saturated carbocycles. The third-order valence-corrected chi connectivity index (χ3v) is 7.22. The molecule has 1 aromatic heterocycles. The van der Waals surface area contributed by atoms with Crippen LogP contribution in [0.4, 0.5) is 0 Å². The van der Waals surface area contributed by atoms with E-state index in [1.807, 2.05) is 42.5 Å². The van der Waals surface area contributed by atoms with E-state index in [1.165, 1.54) is 10.5 Å². The summed E-state index contributed by atoms with van der Waals surface area (Å²) in [5.41, 5.74) is 1.35. The van der Waals surface area contributed by atoms with E-state index in [2.05, 4.69) is 25.1 Å². The standard InChI is InChI=1S/C21H15ClOS2/c1-2-13-7-3-5-9-16(13)24-18-12-11-15-20(23)14-8-4-6-10-17(14)25-21(15)19(18)22/h3-12H,2H2,1H3. The van der Waals surface area contributed by atoms with Gasteiger partial charge in [-0.05, 0) is 42.3 Å². The molecule has 4 heteroatoms. The Labute approximate surface area is 159 Å². The molecule has 0 atom stereocenters. The summed E-state index contributed by atoms with van der Waals surface area (Å²) < 4.78 is 1.84. The molecule has 1 nitrogen and oxygen atoms in total. The van der Waals surface area contributed by atoms with Crippen LogP contribution in [0.2, 0.25) is 5.02 Å². The van der Waals surface area contributed by atoms with Gasteiger partial charge in [-0.2, -0.15) is 0 Å². The van der Waals surface area contributed by atoms with Crippen molar-refractivity contribution in [1.29, 1.82) is 0 Å². The smallest absolute Gasteiger partial charge is 0.195 e. The summed E-state index contributed by atoms with van der Waals surface area (Å²) in [5.74, 6) is 0. The molecule has 0 amide bonds. The van der Waals surface area contributed by atoms with Gasteiger partial charge in [0, 0.05) is 25.3 Å². The molecule has 124 valence electrons. The van der Waals surface area contributed by atoms with Crippen LogP contribution in [0.3, 0.4) is 0 Å². The molecule has 0 radical (unpaired) electrons. The second-order valence-electron chi connectivity index (χ2n) is 5.75. The van der Waals surface area contributed by atoms with Crippen molar-refractivity contribution >= 4 is 54.9 Å². The monoisotopic (exact) mass is 382 g/mol. The highest BCUT2D eigenvalue weighted by Gasteiger charge is 2.13. The lowest BCUT2D eigenvalue weighted by atomic mass is 10.2. The van der Waals surface area contributed by atoms with E-state index in [4.69, 9.17) is 11.6 Å². The molecule has 0 fully saturated rings. The average molecular weight is 383 g/mol. The van der Waals surface area contributed by atoms with Crippen LogP contribution in [0.15, 0.2) is 75.2 Å². The van der Waals surface area contributed by atoms with Crippen molar-refractivity contribution in [2.24, 2.45) is 0 Å². The molecule has 0 aliphatic rings. The van der Waals surface area contributed by atoms with Crippen LogP contribution in [-0.2, 0) is 6.42 Å². The lowest BCUT2D eigenvalue weighted by Gasteiger charge is -2.10. The summed E-state index contributed by atoms with van der Waals surface area (Å²) in [5, 5.41) is 2.12. The zero-order chi connectivity index (χ0) is 17.4. The topological polar surface area (TPSA) is 17.1 Å². The number of fused-ring (bicyclic) bond motifs is 2. The quantitative estimate of drug-likeness (QED) is 0.363. The highest BCUT2D eigenvalue weighted by molar-refractivity contribution is 7.99. The Balaban J connectivity index is 1.91. The molecule has 0 N–H and O–H groups in total. The van der Waals surface area contributed by atoms with Crippen LogP contribution in [0.1, 0.15) is 12.5 Å². The molecule has 3 aromatic carbocycles. The first kappa shape index (κ1) is 16.6. The number of benzene rings is 3. The lowest BCUT2D eigenvalue weighted by molar-refractivity contribution is 1.08. The molecule has 0 aliphatic carbocycles. The Morgan fingerprint density at radius 2 is 1.68 bits per heavy atom. The summed E-state index contributed by atoms with van der Waals surface area (Å²) >= 11 is 9.96. The van der Waals surface area contributed by atoms with E-state index in [0.29, 0.717) is 10.4 Å². The second-order valence-corrected chi connectivity index (χ2v) is 8.26. The first-order valence-corrected chi connectivity index (χ1v) is 10.1. The van der Waals surface area contributed by atoms with Gasteiger partial charge < -0.3 is 0 Å². The molecule has 0 spiro atoms. The van der Waals surface area contributed by atoms with E-state index in [-0.39, 0.29) is 5.43 Å². The van der Waals surface area contributed by atoms with Gasteiger partial charge in [0.25, 0.3) is 0 Å². The summed E-state index contributed by atoms with van der Waals surface area (Å²) in [7, 11) is 0. The van der Waals surface area contributed by atoms with Crippen molar-refractivity contribution in [2.45, 2.75) is 23.1 Å². The molecule has 25 heavy (non-hydrogen) atoms. The van der Waals surface area contributed by atoms with Crippen LogP contribution in [0, 0.1) is 0 Å². The zero-order valence-electron chi connectivity index (χ0n) is 13.6. The van der Waals surface area contributed by atoms with E-state index in [1.54, 1.807) is 23.1 Å². The summed E-state index contributed by atoms with van der Waals surface area (Å²) in [4.78, 5) is 14.9. The summed E-state index contributed by atoms with van der Waals surface area (Å²) in [6.45, 7) is 2.15. The number of hydrogen-bond acceptors (Lipinski definition) is 3. The van der Waals surface area contributed by atoms with Gasteiger partial charge in [-0.25, -0.2) is 0 Å². The first-order valence-electron chi connectivity index (χ1n) is 8.09.